The molecule has 0 saturated heterocycles. The molecule has 2 heterocycles. The van der Waals surface area contributed by atoms with Crippen molar-refractivity contribution in [2.45, 2.75) is 26.4 Å². The summed E-state index contributed by atoms with van der Waals surface area (Å²) < 4.78 is 1.89. The number of fused-ring (bicyclic) bond motifs is 1. The highest BCUT2D eigenvalue weighted by Crippen LogP contribution is 2.23. The second-order valence-electron chi connectivity index (χ2n) is 4.57. The number of hydrogen-bond acceptors (Lipinski definition) is 2. The van der Waals surface area contributed by atoms with Crippen LogP contribution in [-0.2, 0) is 17.9 Å². The predicted octanol–water partition coefficient (Wildman–Crippen LogP) is 2.13. The highest BCUT2D eigenvalue weighted by molar-refractivity contribution is 5.93. The smallest absolute Gasteiger partial charge is 0.230 e. The van der Waals surface area contributed by atoms with Gasteiger partial charge in [-0.25, -0.2) is 4.68 Å². The van der Waals surface area contributed by atoms with Crippen molar-refractivity contribution >= 4 is 11.7 Å². The number of rotatable bonds is 2. The standard InChI is InChI=1S/C14H15N3O/c1-11-4-2-3-5-12(11)10-16-13-6-8-15-17(13)9-7-14(16)18/h2-6,8H,7,9-10H2,1H3. The Morgan fingerprint density at radius 2 is 2.11 bits per heavy atom. The average molecular weight is 241 g/mol. The first-order chi connectivity index (χ1) is 8.75. The lowest BCUT2D eigenvalue weighted by molar-refractivity contribution is -0.119. The summed E-state index contributed by atoms with van der Waals surface area (Å²) in [4.78, 5) is 13.9. The third-order valence-corrected chi connectivity index (χ3v) is 3.40. The number of amides is 1. The number of nitrogens with zero attached hydrogens (tertiary/aromatic N) is 3. The molecule has 0 aliphatic carbocycles. The maximum absolute atomic E-state index is 12.1. The molecule has 0 fully saturated rings. The molecular formula is C14H15N3O. The number of aromatic nitrogens is 2. The number of anilines is 1. The van der Waals surface area contributed by atoms with Gasteiger partial charge in [0.25, 0.3) is 0 Å². The van der Waals surface area contributed by atoms with Crippen molar-refractivity contribution in [1.82, 2.24) is 9.78 Å². The molecule has 3 rings (SSSR count). The van der Waals surface area contributed by atoms with E-state index in [1.54, 1.807) is 6.20 Å². The molecule has 0 radical (unpaired) electrons. The van der Waals surface area contributed by atoms with Gasteiger partial charge in [0.15, 0.2) is 0 Å². The molecular weight excluding hydrogens is 226 g/mol. The Morgan fingerprint density at radius 1 is 1.28 bits per heavy atom. The molecule has 4 nitrogen and oxygen atoms in total. The molecule has 4 heteroatoms. The van der Waals surface area contributed by atoms with Gasteiger partial charge in [-0.2, -0.15) is 5.10 Å². The summed E-state index contributed by atoms with van der Waals surface area (Å²) in [6.45, 7) is 3.38. The first-order valence-electron chi connectivity index (χ1n) is 6.12. The van der Waals surface area contributed by atoms with Crippen LogP contribution in [0.1, 0.15) is 17.5 Å². The van der Waals surface area contributed by atoms with Gasteiger partial charge in [0.05, 0.1) is 19.3 Å². The Morgan fingerprint density at radius 3 is 2.94 bits per heavy atom. The maximum Gasteiger partial charge on any atom is 0.230 e. The summed E-state index contributed by atoms with van der Waals surface area (Å²) in [5, 5.41) is 4.23. The molecule has 0 atom stereocenters. The van der Waals surface area contributed by atoms with Gasteiger partial charge in [-0.3, -0.25) is 9.69 Å². The first kappa shape index (κ1) is 11.0. The largest absolute Gasteiger partial charge is 0.292 e. The molecule has 1 aliphatic heterocycles. The normalized spacial score (nSPS) is 14.7. The van der Waals surface area contributed by atoms with E-state index in [1.807, 2.05) is 27.8 Å². The minimum Gasteiger partial charge on any atom is -0.292 e. The predicted molar refractivity (Wildman–Crippen MR) is 69.2 cm³/mol. The molecule has 18 heavy (non-hydrogen) atoms. The van der Waals surface area contributed by atoms with Crippen LogP contribution in [0.2, 0.25) is 0 Å². The summed E-state index contributed by atoms with van der Waals surface area (Å²) in [5.74, 6) is 1.07. The Hall–Kier alpha value is -2.10. The van der Waals surface area contributed by atoms with Crippen molar-refractivity contribution in [3.05, 3.63) is 47.7 Å². The van der Waals surface area contributed by atoms with E-state index in [9.17, 15) is 4.79 Å². The molecule has 0 spiro atoms. The second-order valence-corrected chi connectivity index (χ2v) is 4.57. The summed E-state index contributed by atoms with van der Waals surface area (Å²) in [6, 6.07) is 10.1. The molecule has 0 unspecified atom stereocenters. The molecule has 1 amide bonds. The lowest BCUT2D eigenvalue weighted by Crippen LogP contribution is -2.37. The topological polar surface area (TPSA) is 38.1 Å². The van der Waals surface area contributed by atoms with Crippen LogP contribution in [-0.4, -0.2) is 15.7 Å². The zero-order valence-corrected chi connectivity index (χ0v) is 10.3. The fourth-order valence-electron chi connectivity index (χ4n) is 2.32. The fraction of sp³-hybridized carbons (Fsp3) is 0.286. The van der Waals surface area contributed by atoms with Crippen LogP contribution < -0.4 is 4.90 Å². The zero-order chi connectivity index (χ0) is 12.5. The Kier molecular flexibility index (Phi) is 2.63. The number of hydrogen-bond donors (Lipinski definition) is 0. The molecule has 1 aromatic heterocycles. The van der Waals surface area contributed by atoms with Gasteiger partial charge < -0.3 is 0 Å². The summed E-state index contributed by atoms with van der Waals surface area (Å²) in [7, 11) is 0. The van der Waals surface area contributed by atoms with Crippen LogP contribution in [0, 0.1) is 6.92 Å². The van der Waals surface area contributed by atoms with Gasteiger partial charge in [0.1, 0.15) is 5.82 Å². The van der Waals surface area contributed by atoms with E-state index in [0.29, 0.717) is 19.5 Å². The van der Waals surface area contributed by atoms with Crippen molar-refractivity contribution in [2.75, 3.05) is 4.90 Å². The first-order valence-corrected chi connectivity index (χ1v) is 6.12. The van der Waals surface area contributed by atoms with Crippen LogP contribution in [0.15, 0.2) is 36.5 Å². The number of benzene rings is 1. The van der Waals surface area contributed by atoms with Gasteiger partial charge in [-0.1, -0.05) is 24.3 Å². The van der Waals surface area contributed by atoms with Crippen molar-refractivity contribution in [1.29, 1.82) is 0 Å². The third kappa shape index (κ3) is 1.79. The van der Waals surface area contributed by atoms with Crippen molar-refractivity contribution < 1.29 is 4.79 Å². The Labute approximate surface area is 106 Å². The lowest BCUT2D eigenvalue weighted by atomic mass is 10.1. The van der Waals surface area contributed by atoms with Gasteiger partial charge in [0.2, 0.25) is 5.91 Å². The van der Waals surface area contributed by atoms with Crippen LogP contribution in [0.25, 0.3) is 0 Å². The SMILES string of the molecule is Cc1ccccc1CN1C(=O)CCn2nccc21. The van der Waals surface area contributed by atoms with E-state index in [0.717, 1.165) is 5.82 Å². The minimum absolute atomic E-state index is 0.172. The van der Waals surface area contributed by atoms with E-state index in [2.05, 4.69) is 24.2 Å². The third-order valence-electron chi connectivity index (χ3n) is 3.40. The lowest BCUT2D eigenvalue weighted by Gasteiger charge is -2.28. The fourth-order valence-corrected chi connectivity index (χ4v) is 2.32. The Bertz CT molecular complexity index is 588. The monoisotopic (exact) mass is 241 g/mol. The van der Waals surface area contributed by atoms with E-state index in [1.165, 1.54) is 11.1 Å². The van der Waals surface area contributed by atoms with Crippen molar-refractivity contribution in [2.24, 2.45) is 0 Å². The number of carbonyl (C=O) groups excluding carboxylic acids is 1. The zero-order valence-electron chi connectivity index (χ0n) is 10.3. The van der Waals surface area contributed by atoms with E-state index >= 15 is 0 Å². The van der Waals surface area contributed by atoms with Crippen LogP contribution in [0.5, 0.6) is 0 Å². The van der Waals surface area contributed by atoms with Gasteiger partial charge in [-0.15, -0.1) is 0 Å². The summed E-state index contributed by atoms with van der Waals surface area (Å²) in [6.07, 6.45) is 2.28. The highest BCUT2D eigenvalue weighted by atomic mass is 16.2. The maximum atomic E-state index is 12.1. The minimum atomic E-state index is 0.172. The average Bonchev–Trinajstić information content (AvgIpc) is 2.83. The van der Waals surface area contributed by atoms with Crippen molar-refractivity contribution in [3.8, 4) is 0 Å². The molecule has 1 aromatic carbocycles. The van der Waals surface area contributed by atoms with E-state index < -0.39 is 0 Å². The molecule has 1 aliphatic rings. The van der Waals surface area contributed by atoms with Gasteiger partial charge in [0, 0.05) is 12.5 Å². The van der Waals surface area contributed by atoms with E-state index in [4.69, 9.17) is 0 Å². The molecule has 0 bridgehead atoms. The molecule has 0 saturated carbocycles. The molecule has 92 valence electrons. The van der Waals surface area contributed by atoms with E-state index in [-0.39, 0.29) is 5.91 Å². The molecule has 0 N–H and O–H groups in total. The van der Waals surface area contributed by atoms with Crippen LogP contribution in [0.4, 0.5) is 5.82 Å². The van der Waals surface area contributed by atoms with Gasteiger partial charge in [-0.05, 0) is 18.1 Å². The Balaban J connectivity index is 1.94. The quantitative estimate of drug-likeness (QED) is 0.807. The van der Waals surface area contributed by atoms with Crippen LogP contribution in [0.3, 0.4) is 0 Å². The second kappa shape index (κ2) is 4.29. The number of carbonyl (C=O) groups is 1. The van der Waals surface area contributed by atoms with Crippen molar-refractivity contribution in [3.63, 3.8) is 0 Å². The molecule has 2 aromatic rings. The summed E-state index contributed by atoms with van der Waals surface area (Å²) >= 11 is 0. The van der Waals surface area contributed by atoms with Crippen LogP contribution >= 0.6 is 0 Å². The number of aryl methyl sites for hydroxylation is 2. The summed E-state index contributed by atoms with van der Waals surface area (Å²) in [5.41, 5.74) is 2.39. The highest BCUT2D eigenvalue weighted by Gasteiger charge is 2.24. The van der Waals surface area contributed by atoms with Gasteiger partial charge >= 0.3 is 0 Å².